The Morgan fingerprint density at radius 1 is 1.09 bits per heavy atom. The molecule has 2 aromatic carbocycles. The lowest BCUT2D eigenvalue weighted by Gasteiger charge is -2.22. The normalized spacial score (nSPS) is 14.5. The molecule has 182 valence electrons. The van der Waals surface area contributed by atoms with E-state index in [2.05, 4.69) is 9.72 Å². The number of rotatable bonds is 7. The van der Waals surface area contributed by atoms with Crippen molar-refractivity contribution in [3.63, 3.8) is 0 Å². The molecule has 7 nitrogen and oxygen atoms in total. The Bertz CT molecular complexity index is 1390. The van der Waals surface area contributed by atoms with E-state index < -0.39 is 6.61 Å². The zero-order valence-corrected chi connectivity index (χ0v) is 19.2. The van der Waals surface area contributed by atoms with Crippen molar-refractivity contribution < 1.29 is 23.0 Å². The van der Waals surface area contributed by atoms with Crippen LogP contribution in [0.1, 0.15) is 18.4 Å². The van der Waals surface area contributed by atoms with E-state index in [1.807, 2.05) is 24.3 Å². The van der Waals surface area contributed by atoms with Gasteiger partial charge in [0, 0.05) is 37.7 Å². The maximum atomic E-state index is 12.9. The summed E-state index contributed by atoms with van der Waals surface area (Å²) >= 11 is 0. The second-order valence-electron chi connectivity index (χ2n) is 8.42. The Morgan fingerprint density at radius 3 is 2.66 bits per heavy atom. The highest BCUT2D eigenvalue weighted by atomic mass is 19.3. The molecule has 2 aromatic heterocycles. The minimum Gasteiger partial charge on any atom is -0.474 e. The van der Waals surface area contributed by atoms with Crippen molar-refractivity contribution in [3.8, 4) is 22.8 Å². The van der Waals surface area contributed by atoms with E-state index >= 15 is 0 Å². The number of nitrogens with zero attached hydrogens (tertiary/aromatic N) is 3. The highest BCUT2D eigenvalue weighted by Crippen LogP contribution is 2.28. The predicted molar refractivity (Wildman–Crippen MR) is 127 cm³/mol. The Labute approximate surface area is 200 Å². The van der Waals surface area contributed by atoms with Crippen LogP contribution in [0.25, 0.3) is 22.0 Å². The quantitative estimate of drug-likeness (QED) is 0.386. The highest BCUT2D eigenvalue weighted by molar-refractivity contribution is 5.84. The summed E-state index contributed by atoms with van der Waals surface area (Å²) in [6, 6.07) is 15.9. The number of alkyl halides is 2. The topological polar surface area (TPSA) is 67.5 Å². The first-order valence-electron chi connectivity index (χ1n) is 11.4. The van der Waals surface area contributed by atoms with Crippen LogP contribution in [0.3, 0.4) is 0 Å². The van der Waals surface area contributed by atoms with Crippen molar-refractivity contribution in [2.24, 2.45) is 7.05 Å². The number of pyridine rings is 1. The molecule has 4 aromatic rings. The smallest absolute Gasteiger partial charge is 0.387 e. The first-order valence-corrected chi connectivity index (χ1v) is 11.4. The minimum absolute atomic E-state index is 0.0730. The number of halogens is 2. The molecule has 0 aliphatic carbocycles. The third kappa shape index (κ3) is 4.90. The van der Waals surface area contributed by atoms with E-state index in [0.29, 0.717) is 35.6 Å². The van der Waals surface area contributed by atoms with Gasteiger partial charge in [0.15, 0.2) is 0 Å². The molecule has 0 bridgehead atoms. The summed E-state index contributed by atoms with van der Waals surface area (Å²) < 4.78 is 45.1. The van der Waals surface area contributed by atoms with Gasteiger partial charge in [-0.05, 0) is 35.4 Å². The molecule has 5 rings (SSSR count). The fourth-order valence-electron chi connectivity index (χ4n) is 4.37. The van der Waals surface area contributed by atoms with Crippen molar-refractivity contribution in [3.05, 3.63) is 76.7 Å². The van der Waals surface area contributed by atoms with Gasteiger partial charge in [-0.2, -0.15) is 8.78 Å². The van der Waals surface area contributed by atoms with Crippen LogP contribution >= 0.6 is 0 Å². The predicted octanol–water partition coefficient (Wildman–Crippen LogP) is 4.61. The zero-order valence-electron chi connectivity index (χ0n) is 19.2. The fraction of sp³-hybridized carbons (Fsp3) is 0.308. The molecule has 3 heterocycles. The number of aromatic nitrogens is 3. The average molecular weight is 481 g/mol. The van der Waals surface area contributed by atoms with E-state index in [0.717, 1.165) is 24.0 Å². The molecule has 0 radical (unpaired) electrons. The third-order valence-corrected chi connectivity index (χ3v) is 6.19. The first-order chi connectivity index (χ1) is 17.0. The zero-order chi connectivity index (χ0) is 24.4. The minimum atomic E-state index is -2.93. The van der Waals surface area contributed by atoms with Gasteiger partial charge in [-0.15, -0.1) is 0 Å². The standard InChI is InChI=1S/C26H25F2N3O4/c1-30-25(32)21-7-6-17(18-8-11-29-24(15-18)34-20-9-12-33-13-10-20)14-22(21)31(30)16-19-4-2-3-5-23(19)35-26(27)28/h2-8,11,14-15,20,26H,9-10,12-13,16H2,1H3. The molecule has 35 heavy (non-hydrogen) atoms. The number of para-hydroxylation sites is 1. The maximum Gasteiger partial charge on any atom is 0.387 e. The van der Waals surface area contributed by atoms with Gasteiger partial charge in [0.05, 0.1) is 30.7 Å². The lowest BCUT2D eigenvalue weighted by molar-refractivity contribution is -0.0505. The highest BCUT2D eigenvalue weighted by Gasteiger charge is 2.18. The van der Waals surface area contributed by atoms with E-state index in [4.69, 9.17) is 9.47 Å². The van der Waals surface area contributed by atoms with Gasteiger partial charge in [-0.3, -0.25) is 14.2 Å². The van der Waals surface area contributed by atoms with Gasteiger partial charge in [0.1, 0.15) is 11.9 Å². The van der Waals surface area contributed by atoms with Crippen molar-refractivity contribution in [1.82, 2.24) is 14.3 Å². The van der Waals surface area contributed by atoms with Crippen LogP contribution in [-0.4, -0.2) is 40.3 Å². The summed E-state index contributed by atoms with van der Waals surface area (Å²) in [6.45, 7) is -1.39. The molecule has 1 saturated heterocycles. The van der Waals surface area contributed by atoms with E-state index in [1.54, 1.807) is 42.2 Å². The Balaban J connectivity index is 1.50. The Morgan fingerprint density at radius 2 is 1.86 bits per heavy atom. The van der Waals surface area contributed by atoms with Crippen LogP contribution in [0.5, 0.6) is 11.6 Å². The van der Waals surface area contributed by atoms with Crippen molar-refractivity contribution >= 4 is 10.9 Å². The molecular formula is C26H25F2N3O4. The molecule has 0 N–H and O–H groups in total. The van der Waals surface area contributed by atoms with E-state index in [1.165, 1.54) is 10.7 Å². The molecule has 1 aliphatic heterocycles. The number of hydrogen-bond acceptors (Lipinski definition) is 5. The van der Waals surface area contributed by atoms with Gasteiger partial charge in [-0.25, -0.2) is 4.98 Å². The van der Waals surface area contributed by atoms with E-state index in [-0.39, 0.29) is 24.0 Å². The molecule has 0 atom stereocenters. The monoisotopic (exact) mass is 481 g/mol. The van der Waals surface area contributed by atoms with Gasteiger partial charge >= 0.3 is 6.61 Å². The van der Waals surface area contributed by atoms with Crippen molar-refractivity contribution in [1.29, 1.82) is 0 Å². The number of fused-ring (bicyclic) bond motifs is 1. The largest absolute Gasteiger partial charge is 0.474 e. The van der Waals surface area contributed by atoms with Crippen LogP contribution in [0.4, 0.5) is 8.78 Å². The number of benzene rings is 2. The fourth-order valence-corrected chi connectivity index (χ4v) is 4.37. The van der Waals surface area contributed by atoms with Gasteiger partial charge in [0.25, 0.3) is 5.56 Å². The molecule has 0 spiro atoms. The average Bonchev–Trinajstić information content (AvgIpc) is 3.10. The molecule has 9 heteroatoms. The number of hydrogen-bond donors (Lipinski definition) is 0. The molecular weight excluding hydrogens is 456 g/mol. The lowest BCUT2D eigenvalue weighted by Crippen LogP contribution is -2.26. The summed E-state index contributed by atoms with van der Waals surface area (Å²) in [5.74, 6) is 0.620. The van der Waals surface area contributed by atoms with Gasteiger partial charge in [-0.1, -0.05) is 24.3 Å². The Hall–Kier alpha value is -3.72. The van der Waals surface area contributed by atoms with Crippen LogP contribution in [0.2, 0.25) is 0 Å². The van der Waals surface area contributed by atoms with Crippen molar-refractivity contribution in [2.45, 2.75) is 32.1 Å². The molecule has 0 saturated carbocycles. The van der Waals surface area contributed by atoms with Crippen LogP contribution in [0.15, 0.2) is 65.6 Å². The third-order valence-electron chi connectivity index (χ3n) is 6.19. The van der Waals surface area contributed by atoms with Crippen LogP contribution < -0.4 is 15.0 Å². The second-order valence-corrected chi connectivity index (χ2v) is 8.42. The summed E-state index contributed by atoms with van der Waals surface area (Å²) in [7, 11) is 1.66. The number of ether oxygens (including phenoxy) is 3. The molecule has 1 aliphatic rings. The summed E-state index contributed by atoms with van der Waals surface area (Å²) in [5.41, 5.74) is 2.84. The Kier molecular flexibility index (Phi) is 6.50. The summed E-state index contributed by atoms with van der Waals surface area (Å²) in [5, 5.41) is 0.538. The van der Waals surface area contributed by atoms with Crippen LogP contribution in [0, 0.1) is 0 Å². The first kappa shape index (κ1) is 23.0. The summed E-state index contributed by atoms with van der Waals surface area (Å²) in [4.78, 5) is 17.2. The van der Waals surface area contributed by atoms with Crippen LogP contribution in [-0.2, 0) is 18.3 Å². The SMILES string of the molecule is Cn1c(=O)c2ccc(-c3ccnc(OC4CCOCC4)c3)cc2n1Cc1ccccc1OC(F)F. The van der Waals surface area contributed by atoms with Gasteiger partial charge in [0.2, 0.25) is 5.88 Å². The second kappa shape index (κ2) is 9.87. The van der Waals surface area contributed by atoms with Gasteiger partial charge < -0.3 is 14.2 Å². The molecule has 0 unspecified atom stereocenters. The molecule has 1 fully saturated rings. The van der Waals surface area contributed by atoms with E-state index in [9.17, 15) is 13.6 Å². The molecule has 0 amide bonds. The summed E-state index contributed by atoms with van der Waals surface area (Å²) in [6.07, 6.45) is 3.42. The lowest BCUT2D eigenvalue weighted by atomic mass is 10.1. The van der Waals surface area contributed by atoms with Crippen molar-refractivity contribution in [2.75, 3.05) is 13.2 Å². The maximum absolute atomic E-state index is 12.9.